The first kappa shape index (κ1) is 16.3. The van der Waals surface area contributed by atoms with E-state index >= 15 is 0 Å². The Morgan fingerprint density at radius 2 is 2.12 bits per heavy atom. The number of carboxylic acids is 1. The SMILES string of the molecule is Cn1cncc1C(=O)N1CCC2(CC1)OCCc1sc(C(=O)O)cc12. The summed E-state index contributed by atoms with van der Waals surface area (Å²) in [6.45, 7) is 1.77. The molecule has 0 atom stereocenters. The predicted octanol–water partition coefficient (Wildman–Crippen LogP) is 1.88. The smallest absolute Gasteiger partial charge is 0.345 e. The van der Waals surface area contributed by atoms with Gasteiger partial charge in [0.2, 0.25) is 0 Å². The lowest BCUT2D eigenvalue weighted by molar-refractivity contribution is -0.0927. The van der Waals surface area contributed by atoms with Gasteiger partial charge in [0, 0.05) is 31.4 Å². The van der Waals surface area contributed by atoms with Crippen LogP contribution in [0.15, 0.2) is 18.6 Å². The van der Waals surface area contributed by atoms with Gasteiger partial charge in [-0.3, -0.25) is 4.79 Å². The Kier molecular flexibility index (Phi) is 3.88. The van der Waals surface area contributed by atoms with Gasteiger partial charge in [-0.25, -0.2) is 9.78 Å². The maximum Gasteiger partial charge on any atom is 0.345 e. The summed E-state index contributed by atoms with van der Waals surface area (Å²) in [5.41, 5.74) is 1.12. The van der Waals surface area contributed by atoms with Gasteiger partial charge in [-0.2, -0.15) is 0 Å². The van der Waals surface area contributed by atoms with E-state index in [1.807, 2.05) is 4.90 Å². The molecule has 0 unspecified atom stereocenters. The highest BCUT2D eigenvalue weighted by Gasteiger charge is 2.43. The Labute approximate surface area is 148 Å². The van der Waals surface area contributed by atoms with Crippen LogP contribution in [0.2, 0.25) is 0 Å². The summed E-state index contributed by atoms with van der Waals surface area (Å²) in [6, 6.07) is 1.76. The van der Waals surface area contributed by atoms with E-state index in [4.69, 9.17) is 4.74 Å². The molecule has 1 amide bonds. The van der Waals surface area contributed by atoms with E-state index < -0.39 is 11.6 Å². The van der Waals surface area contributed by atoms with Gasteiger partial charge in [0.1, 0.15) is 10.6 Å². The van der Waals surface area contributed by atoms with Crippen molar-refractivity contribution in [3.63, 3.8) is 0 Å². The van der Waals surface area contributed by atoms with E-state index in [1.165, 1.54) is 11.3 Å². The zero-order valence-corrected chi connectivity index (χ0v) is 14.7. The van der Waals surface area contributed by atoms with Crippen LogP contribution in [-0.4, -0.2) is 51.1 Å². The summed E-state index contributed by atoms with van der Waals surface area (Å²) in [6.07, 6.45) is 5.32. The van der Waals surface area contributed by atoms with Crippen molar-refractivity contribution in [2.24, 2.45) is 7.05 Å². The summed E-state index contributed by atoms with van der Waals surface area (Å²) in [5, 5.41) is 9.28. The molecular formula is C17H19N3O4S. The third-order valence-electron chi connectivity index (χ3n) is 5.11. The molecule has 2 aliphatic heterocycles. The molecule has 0 saturated carbocycles. The van der Waals surface area contributed by atoms with Crippen molar-refractivity contribution in [2.75, 3.05) is 19.7 Å². The Morgan fingerprint density at radius 3 is 2.76 bits per heavy atom. The van der Waals surface area contributed by atoms with Crippen molar-refractivity contribution in [2.45, 2.75) is 24.9 Å². The fourth-order valence-electron chi connectivity index (χ4n) is 3.73. The molecule has 7 nitrogen and oxygen atoms in total. The minimum Gasteiger partial charge on any atom is -0.477 e. The van der Waals surface area contributed by atoms with Crippen molar-refractivity contribution in [3.8, 4) is 0 Å². The highest BCUT2D eigenvalue weighted by molar-refractivity contribution is 7.14. The third kappa shape index (κ3) is 2.65. The number of amides is 1. The lowest BCUT2D eigenvalue weighted by Crippen LogP contribution is -2.48. The van der Waals surface area contributed by atoms with Gasteiger partial charge in [0.05, 0.1) is 24.7 Å². The Morgan fingerprint density at radius 1 is 1.36 bits per heavy atom. The molecule has 1 fully saturated rings. The van der Waals surface area contributed by atoms with Crippen molar-refractivity contribution >= 4 is 23.2 Å². The quantitative estimate of drug-likeness (QED) is 0.883. The molecule has 2 aliphatic rings. The third-order valence-corrected chi connectivity index (χ3v) is 6.30. The fourth-order valence-corrected chi connectivity index (χ4v) is 4.80. The van der Waals surface area contributed by atoms with Gasteiger partial charge in [-0.05, 0) is 24.5 Å². The van der Waals surface area contributed by atoms with Gasteiger partial charge in [-0.15, -0.1) is 11.3 Å². The van der Waals surface area contributed by atoms with Crippen LogP contribution in [0.5, 0.6) is 0 Å². The van der Waals surface area contributed by atoms with Crippen molar-refractivity contribution in [1.29, 1.82) is 0 Å². The molecule has 132 valence electrons. The molecule has 1 N–H and O–H groups in total. The monoisotopic (exact) mass is 361 g/mol. The van der Waals surface area contributed by atoms with Crippen molar-refractivity contribution in [1.82, 2.24) is 14.5 Å². The van der Waals surface area contributed by atoms with Crippen LogP contribution < -0.4 is 0 Å². The molecule has 25 heavy (non-hydrogen) atoms. The molecule has 2 aromatic rings. The predicted molar refractivity (Wildman–Crippen MR) is 91.0 cm³/mol. The number of rotatable bonds is 2. The number of carbonyl (C=O) groups excluding carboxylic acids is 1. The van der Waals surface area contributed by atoms with Gasteiger partial charge in [0.15, 0.2) is 0 Å². The largest absolute Gasteiger partial charge is 0.477 e. The summed E-state index contributed by atoms with van der Waals surface area (Å²) >= 11 is 1.35. The number of likely N-dealkylation sites (tertiary alicyclic amines) is 1. The number of aromatic nitrogens is 2. The number of ether oxygens (including phenoxy) is 1. The Balaban J connectivity index is 1.55. The molecule has 1 spiro atoms. The number of fused-ring (bicyclic) bond motifs is 2. The average Bonchev–Trinajstić information content (AvgIpc) is 3.22. The first-order chi connectivity index (χ1) is 12.0. The van der Waals surface area contributed by atoms with Crippen LogP contribution in [-0.2, 0) is 23.8 Å². The van der Waals surface area contributed by atoms with Crippen LogP contribution in [0.3, 0.4) is 0 Å². The highest BCUT2D eigenvalue weighted by Crippen LogP contribution is 2.44. The maximum absolute atomic E-state index is 12.6. The standard InChI is InChI=1S/C17H19N3O4S/c1-19-10-18-9-12(19)15(21)20-5-3-17(4-6-20)11-8-14(16(22)23)25-13(11)2-7-24-17/h8-10H,2-7H2,1H3,(H,22,23). The minimum absolute atomic E-state index is 0.0255. The van der Waals surface area contributed by atoms with Gasteiger partial charge >= 0.3 is 5.97 Å². The van der Waals surface area contributed by atoms with E-state index in [2.05, 4.69) is 4.98 Å². The van der Waals surface area contributed by atoms with Crippen LogP contribution in [0.25, 0.3) is 0 Å². The zero-order chi connectivity index (χ0) is 17.6. The molecule has 0 aliphatic carbocycles. The Bertz CT molecular complexity index is 833. The normalized spacial score (nSPS) is 19.0. The molecule has 8 heteroatoms. The Hall–Kier alpha value is -2.19. The molecule has 0 radical (unpaired) electrons. The molecule has 0 aromatic carbocycles. The fraction of sp³-hybridized carbons (Fsp3) is 0.471. The van der Waals surface area contributed by atoms with E-state index in [9.17, 15) is 14.7 Å². The number of carbonyl (C=O) groups is 2. The molecule has 0 bridgehead atoms. The van der Waals surface area contributed by atoms with E-state index in [0.717, 1.165) is 16.9 Å². The summed E-state index contributed by atoms with van der Waals surface area (Å²) in [7, 11) is 1.81. The van der Waals surface area contributed by atoms with Gasteiger partial charge < -0.3 is 19.3 Å². The molecule has 4 rings (SSSR count). The van der Waals surface area contributed by atoms with Crippen molar-refractivity contribution in [3.05, 3.63) is 39.6 Å². The summed E-state index contributed by atoms with van der Waals surface area (Å²) < 4.78 is 7.85. The number of piperidine rings is 1. The topological polar surface area (TPSA) is 84.7 Å². The van der Waals surface area contributed by atoms with E-state index in [-0.39, 0.29) is 5.91 Å². The molecule has 1 saturated heterocycles. The van der Waals surface area contributed by atoms with Gasteiger partial charge in [0.25, 0.3) is 5.91 Å². The second-order valence-electron chi connectivity index (χ2n) is 6.53. The minimum atomic E-state index is -0.890. The lowest BCUT2D eigenvalue weighted by atomic mass is 9.82. The van der Waals surface area contributed by atoms with Crippen LogP contribution in [0.4, 0.5) is 0 Å². The van der Waals surface area contributed by atoms with E-state index in [1.54, 1.807) is 30.2 Å². The van der Waals surface area contributed by atoms with Crippen LogP contribution in [0.1, 0.15) is 43.4 Å². The second-order valence-corrected chi connectivity index (χ2v) is 7.66. The lowest BCUT2D eigenvalue weighted by Gasteiger charge is -2.44. The number of carboxylic acid groups (broad SMARTS) is 1. The van der Waals surface area contributed by atoms with Gasteiger partial charge in [-0.1, -0.05) is 0 Å². The number of nitrogens with zero attached hydrogens (tertiary/aromatic N) is 3. The molecular weight excluding hydrogens is 342 g/mol. The van der Waals surface area contributed by atoms with Crippen LogP contribution in [0, 0.1) is 0 Å². The molecule has 2 aromatic heterocycles. The summed E-state index contributed by atoms with van der Waals surface area (Å²) in [5.74, 6) is -0.916. The first-order valence-corrected chi connectivity index (χ1v) is 9.08. The van der Waals surface area contributed by atoms with Crippen LogP contribution >= 0.6 is 11.3 Å². The average molecular weight is 361 g/mol. The van der Waals surface area contributed by atoms with Crippen molar-refractivity contribution < 1.29 is 19.4 Å². The maximum atomic E-state index is 12.6. The first-order valence-electron chi connectivity index (χ1n) is 8.26. The second kappa shape index (κ2) is 5.96. The van der Waals surface area contributed by atoms with E-state index in [0.29, 0.717) is 43.1 Å². The highest BCUT2D eigenvalue weighted by atomic mass is 32.1. The number of hydrogen-bond acceptors (Lipinski definition) is 5. The molecule has 4 heterocycles. The zero-order valence-electron chi connectivity index (χ0n) is 13.9. The number of aromatic carboxylic acids is 1. The number of aryl methyl sites for hydroxylation is 1. The number of thiophene rings is 1. The number of hydrogen-bond donors (Lipinski definition) is 1. The number of imidazole rings is 1. The summed E-state index contributed by atoms with van der Waals surface area (Å²) in [4.78, 5) is 31.2.